The van der Waals surface area contributed by atoms with Crippen LogP contribution in [-0.4, -0.2) is 17.1 Å². The number of para-hydroxylation sites is 2. The molecule has 3 N–H and O–H groups in total. The molecule has 0 spiro atoms. The number of carboxylic acid groups (broad SMARTS) is 1. The van der Waals surface area contributed by atoms with Crippen molar-refractivity contribution in [2.45, 2.75) is 32.4 Å². The van der Waals surface area contributed by atoms with Crippen molar-refractivity contribution in [3.05, 3.63) is 108 Å². The van der Waals surface area contributed by atoms with Gasteiger partial charge in [0.2, 0.25) is 0 Å². The molecule has 0 heterocycles. The predicted octanol–water partition coefficient (Wildman–Crippen LogP) is 8.80. The first-order valence-corrected chi connectivity index (χ1v) is 12.3. The zero-order valence-electron chi connectivity index (χ0n) is 22.0. The molecule has 9 heteroatoms. The third-order valence-electron chi connectivity index (χ3n) is 6.09. The van der Waals surface area contributed by atoms with Crippen LogP contribution in [-0.2, 0) is 11.6 Å². The summed E-state index contributed by atoms with van der Waals surface area (Å²) in [5.41, 5.74) is 0.888. The molecule has 0 bridgehead atoms. The molecule has 40 heavy (non-hydrogen) atoms. The van der Waals surface area contributed by atoms with Crippen molar-refractivity contribution in [2.75, 3.05) is 10.6 Å². The largest absolute Gasteiger partial charge is 0.478 e. The molecule has 0 aliphatic carbocycles. The molecule has 0 fully saturated rings. The Morgan fingerprint density at radius 1 is 0.700 bits per heavy atom. The van der Waals surface area contributed by atoms with Crippen molar-refractivity contribution in [1.82, 2.24) is 0 Å². The topological polar surface area (TPSA) is 87.7 Å². The lowest BCUT2D eigenvalue weighted by Gasteiger charge is -2.23. The van der Waals surface area contributed by atoms with Crippen LogP contribution >= 0.6 is 0 Å². The van der Waals surface area contributed by atoms with Gasteiger partial charge in [-0.1, -0.05) is 69.3 Å². The lowest BCUT2D eigenvalue weighted by Crippen LogP contribution is -2.22. The summed E-state index contributed by atoms with van der Waals surface area (Å²) in [6.07, 6.45) is -4.66. The van der Waals surface area contributed by atoms with Crippen LogP contribution in [0.5, 0.6) is 11.5 Å². The molecule has 4 aromatic carbocycles. The molecule has 0 saturated heterocycles. The van der Waals surface area contributed by atoms with Crippen molar-refractivity contribution in [1.29, 1.82) is 0 Å². The molecule has 0 atom stereocenters. The zero-order chi connectivity index (χ0) is 29.1. The van der Waals surface area contributed by atoms with Crippen molar-refractivity contribution < 1.29 is 32.6 Å². The van der Waals surface area contributed by atoms with Gasteiger partial charge in [0.1, 0.15) is 5.75 Å². The van der Waals surface area contributed by atoms with Gasteiger partial charge in [-0.3, -0.25) is 0 Å². The average Bonchev–Trinajstić information content (AvgIpc) is 2.89. The Hall–Kier alpha value is -4.79. The molecule has 0 radical (unpaired) electrons. The third-order valence-corrected chi connectivity index (χ3v) is 6.09. The van der Waals surface area contributed by atoms with E-state index in [-0.39, 0.29) is 22.4 Å². The molecule has 4 aromatic rings. The summed E-state index contributed by atoms with van der Waals surface area (Å²) < 4.78 is 46.6. The monoisotopic (exact) mass is 548 g/mol. The van der Waals surface area contributed by atoms with Crippen LogP contribution in [0.25, 0.3) is 11.1 Å². The van der Waals surface area contributed by atoms with Crippen molar-refractivity contribution in [2.24, 2.45) is 0 Å². The quantitative estimate of drug-likeness (QED) is 0.225. The molecule has 4 rings (SSSR count). The Balaban J connectivity index is 1.71. The minimum absolute atomic E-state index is 0.114. The fraction of sp³-hybridized carbons (Fsp3) is 0.161. The highest BCUT2D eigenvalue weighted by atomic mass is 19.4. The average molecular weight is 549 g/mol. The highest BCUT2D eigenvalue weighted by Gasteiger charge is 2.33. The van der Waals surface area contributed by atoms with E-state index in [0.717, 1.165) is 11.6 Å². The number of alkyl halides is 3. The molecule has 0 aromatic heterocycles. The van der Waals surface area contributed by atoms with Crippen LogP contribution in [0, 0.1) is 0 Å². The maximum Gasteiger partial charge on any atom is 0.418 e. The Bertz CT molecular complexity index is 1540. The van der Waals surface area contributed by atoms with Crippen LogP contribution < -0.4 is 15.4 Å². The first kappa shape index (κ1) is 28.2. The van der Waals surface area contributed by atoms with Crippen molar-refractivity contribution >= 4 is 23.4 Å². The van der Waals surface area contributed by atoms with Crippen LogP contribution in [0.1, 0.15) is 42.3 Å². The van der Waals surface area contributed by atoms with Gasteiger partial charge in [0.15, 0.2) is 5.75 Å². The van der Waals surface area contributed by atoms with Crippen LogP contribution in [0.2, 0.25) is 0 Å². The van der Waals surface area contributed by atoms with E-state index >= 15 is 0 Å². The van der Waals surface area contributed by atoms with Gasteiger partial charge in [0.25, 0.3) is 0 Å². The number of amides is 2. The summed E-state index contributed by atoms with van der Waals surface area (Å²) in [5.74, 6) is -0.243. The van der Waals surface area contributed by atoms with E-state index < -0.39 is 29.4 Å². The maximum atomic E-state index is 13.5. The number of hydrogen-bond donors (Lipinski definition) is 3. The summed E-state index contributed by atoms with van der Waals surface area (Å²) in [6.45, 7) is 6.09. The number of aromatic carboxylic acids is 1. The number of nitrogens with one attached hydrogen (secondary N) is 2. The van der Waals surface area contributed by atoms with Gasteiger partial charge >= 0.3 is 18.2 Å². The molecule has 206 valence electrons. The van der Waals surface area contributed by atoms with E-state index in [0.29, 0.717) is 16.9 Å². The number of rotatable bonds is 6. The minimum atomic E-state index is -4.66. The lowest BCUT2D eigenvalue weighted by atomic mass is 9.86. The summed E-state index contributed by atoms with van der Waals surface area (Å²) in [6, 6.07) is 22.4. The fourth-order valence-corrected chi connectivity index (χ4v) is 4.11. The van der Waals surface area contributed by atoms with Gasteiger partial charge < -0.3 is 20.5 Å². The normalized spacial score (nSPS) is 11.6. The zero-order valence-corrected chi connectivity index (χ0v) is 22.0. The number of carbonyl (C=O) groups is 2. The van der Waals surface area contributed by atoms with Gasteiger partial charge in [-0.25, -0.2) is 9.59 Å². The number of carboxylic acids is 1. The van der Waals surface area contributed by atoms with Crippen LogP contribution in [0.3, 0.4) is 0 Å². The number of anilines is 2. The van der Waals surface area contributed by atoms with E-state index in [1.54, 1.807) is 36.4 Å². The number of benzene rings is 4. The number of ether oxygens (including phenoxy) is 1. The molecule has 6 nitrogen and oxygen atoms in total. The Morgan fingerprint density at radius 2 is 1.27 bits per heavy atom. The highest BCUT2D eigenvalue weighted by Crippen LogP contribution is 2.39. The van der Waals surface area contributed by atoms with Gasteiger partial charge in [-0.15, -0.1) is 0 Å². The van der Waals surface area contributed by atoms with E-state index in [4.69, 9.17) is 4.74 Å². The third kappa shape index (κ3) is 6.61. The highest BCUT2D eigenvalue weighted by molar-refractivity contribution is 6.01. The Labute approximate surface area is 229 Å². The SMILES string of the molecule is CC(C)(C)c1ccccc1Oc1ccc(-c2ccc(C(=O)O)cc2)cc1NC(=O)Nc1ccccc1C(F)(F)F. The molecule has 0 aliphatic heterocycles. The first-order valence-electron chi connectivity index (χ1n) is 12.3. The maximum absolute atomic E-state index is 13.5. The van der Waals surface area contributed by atoms with Gasteiger partial charge in [0.05, 0.1) is 22.5 Å². The second-order valence-electron chi connectivity index (χ2n) is 10.1. The molecule has 0 saturated carbocycles. The Kier molecular flexibility index (Phi) is 7.86. The molecular formula is C31H27F3N2O4. The summed E-state index contributed by atoms with van der Waals surface area (Å²) in [4.78, 5) is 24.2. The number of hydrogen-bond acceptors (Lipinski definition) is 3. The van der Waals surface area contributed by atoms with E-state index in [1.807, 2.05) is 39.0 Å². The molecular weight excluding hydrogens is 521 g/mol. The van der Waals surface area contributed by atoms with Gasteiger partial charge in [-0.05, 0) is 59.0 Å². The van der Waals surface area contributed by atoms with E-state index in [2.05, 4.69) is 10.6 Å². The van der Waals surface area contributed by atoms with Crippen LogP contribution in [0.15, 0.2) is 91.0 Å². The van der Waals surface area contributed by atoms with Crippen molar-refractivity contribution in [3.8, 4) is 22.6 Å². The second kappa shape index (κ2) is 11.1. The fourth-order valence-electron chi connectivity index (χ4n) is 4.11. The number of carbonyl (C=O) groups excluding carboxylic acids is 1. The smallest absolute Gasteiger partial charge is 0.418 e. The lowest BCUT2D eigenvalue weighted by molar-refractivity contribution is -0.136. The minimum Gasteiger partial charge on any atom is -0.478 e. The standard InChI is InChI=1S/C31H27F3N2O4/c1-30(2,3)23-9-5-7-11-26(23)40-27-17-16-21(19-12-14-20(15-13-19)28(37)38)18-25(27)36-29(39)35-24-10-6-4-8-22(24)31(32,33)34/h4-18H,1-3H3,(H,37,38)(H2,35,36,39). The Morgan fingerprint density at radius 3 is 1.90 bits per heavy atom. The van der Waals surface area contributed by atoms with E-state index in [9.17, 15) is 27.9 Å². The number of halogens is 3. The van der Waals surface area contributed by atoms with Crippen LogP contribution in [0.4, 0.5) is 29.3 Å². The molecule has 2 amide bonds. The predicted molar refractivity (Wildman–Crippen MR) is 148 cm³/mol. The summed E-state index contributed by atoms with van der Waals surface area (Å²) in [5, 5.41) is 14.1. The second-order valence-corrected chi connectivity index (χ2v) is 10.1. The van der Waals surface area contributed by atoms with E-state index in [1.165, 1.54) is 30.3 Å². The summed E-state index contributed by atoms with van der Waals surface area (Å²) >= 11 is 0. The van der Waals surface area contributed by atoms with Crippen molar-refractivity contribution in [3.63, 3.8) is 0 Å². The molecule has 0 unspecified atom stereocenters. The summed E-state index contributed by atoms with van der Waals surface area (Å²) in [7, 11) is 0. The number of urea groups is 1. The van der Waals surface area contributed by atoms with Gasteiger partial charge in [-0.2, -0.15) is 13.2 Å². The first-order chi connectivity index (χ1) is 18.8. The van der Waals surface area contributed by atoms with Gasteiger partial charge in [0, 0.05) is 5.56 Å². The molecule has 0 aliphatic rings.